The number of para-hydroxylation sites is 1. The van der Waals surface area contributed by atoms with E-state index in [-0.39, 0.29) is 0 Å². The summed E-state index contributed by atoms with van der Waals surface area (Å²) < 4.78 is 6.43. The second-order valence-corrected chi connectivity index (χ2v) is 10.4. The Morgan fingerprint density at radius 1 is 0.541 bits per heavy atom. The first-order valence-corrected chi connectivity index (χ1v) is 13.1. The first-order valence-electron chi connectivity index (χ1n) is 13.1. The van der Waals surface area contributed by atoms with Crippen molar-refractivity contribution in [2.75, 3.05) is 0 Å². The highest BCUT2D eigenvalue weighted by molar-refractivity contribution is 6.20. The van der Waals surface area contributed by atoms with Gasteiger partial charge in [-0.3, -0.25) is 4.98 Å². The van der Waals surface area contributed by atoms with Gasteiger partial charge in [-0.05, 0) is 80.9 Å². The van der Waals surface area contributed by atoms with Crippen molar-refractivity contribution in [3.63, 3.8) is 0 Å². The van der Waals surface area contributed by atoms with E-state index >= 15 is 0 Å². The summed E-state index contributed by atoms with van der Waals surface area (Å²) in [6.07, 6.45) is 1.95. The molecular weight excluding hydrogens is 450 g/mol. The van der Waals surface area contributed by atoms with Gasteiger partial charge in [-0.1, -0.05) is 88.4 Å². The molecule has 5 aromatic carbocycles. The zero-order valence-corrected chi connectivity index (χ0v) is 21.8. The van der Waals surface area contributed by atoms with Crippen LogP contribution >= 0.6 is 0 Å². The van der Waals surface area contributed by atoms with Crippen LogP contribution in [0.3, 0.4) is 0 Å². The quantitative estimate of drug-likeness (QED) is 0.228. The van der Waals surface area contributed by atoms with Crippen molar-refractivity contribution in [1.29, 1.82) is 0 Å². The average molecular weight is 482 g/mol. The largest absolute Gasteiger partial charge is 0.457 e. The second kappa shape index (κ2) is 9.37. The van der Waals surface area contributed by atoms with Crippen molar-refractivity contribution in [2.24, 2.45) is 0 Å². The molecular formula is C35H31NO. The van der Waals surface area contributed by atoms with E-state index in [1.165, 1.54) is 38.2 Å². The average Bonchev–Trinajstić information content (AvgIpc) is 2.93. The van der Waals surface area contributed by atoms with Gasteiger partial charge in [-0.2, -0.15) is 0 Å². The van der Waals surface area contributed by atoms with Crippen LogP contribution in [-0.4, -0.2) is 4.98 Å². The van der Waals surface area contributed by atoms with Gasteiger partial charge in [-0.15, -0.1) is 0 Å². The molecule has 6 rings (SSSR count). The van der Waals surface area contributed by atoms with Gasteiger partial charge in [0.25, 0.3) is 0 Å². The van der Waals surface area contributed by atoms with Crippen molar-refractivity contribution >= 4 is 32.3 Å². The van der Waals surface area contributed by atoms with Crippen molar-refractivity contribution in [2.45, 2.75) is 39.5 Å². The van der Waals surface area contributed by atoms with E-state index in [0.717, 1.165) is 28.0 Å². The van der Waals surface area contributed by atoms with E-state index in [0.29, 0.717) is 11.8 Å². The van der Waals surface area contributed by atoms with E-state index in [1.54, 1.807) is 0 Å². The highest BCUT2D eigenvalue weighted by Gasteiger charge is 2.15. The zero-order chi connectivity index (χ0) is 25.5. The van der Waals surface area contributed by atoms with Crippen LogP contribution in [0.25, 0.3) is 43.6 Å². The lowest BCUT2D eigenvalue weighted by molar-refractivity contribution is 0.489. The number of pyridine rings is 1. The Kier molecular flexibility index (Phi) is 5.88. The number of hydrogen-bond acceptors (Lipinski definition) is 2. The molecule has 2 heteroatoms. The van der Waals surface area contributed by atoms with Crippen molar-refractivity contribution in [3.05, 3.63) is 114 Å². The monoisotopic (exact) mass is 481 g/mol. The molecule has 0 N–H and O–H groups in total. The minimum atomic E-state index is 0.456. The van der Waals surface area contributed by atoms with Gasteiger partial charge in [0.1, 0.15) is 11.5 Å². The van der Waals surface area contributed by atoms with Crippen molar-refractivity contribution in [1.82, 2.24) is 4.98 Å². The minimum Gasteiger partial charge on any atom is -0.457 e. The molecule has 2 nitrogen and oxygen atoms in total. The molecule has 1 heterocycles. The van der Waals surface area contributed by atoms with E-state index in [1.807, 2.05) is 36.5 Å². The Morgan fingerprint density at radius 3 is 1.84 bits per heavy atom. The summed E-state index contributed by atoms with van der Waals surface area (Å²) in [5.41, 5.74) is 4.92. The second-order valence-electron chi connectivity index (χ2n) is 10.4. The van der Waals surface area contributed by atoms with Crippen LogP contribution in [0.5, 0.6) is 11.5 Å². The molecule has 0 saturated carbocycles. The fourth-order valence-electron chi connectivity index (χ4n) is 5.22. The lowest BCUT2D eigenvalue weighted by atomic mass is 9.90. The van der Waals surface area contributed by atoms with Gasteiger partial charge in [0.15, 0.2) is 0 Å². The SMILES string of the molecule is CC(C)c1cc(-c2nccc3c2ccc2c4ccccc4c(Oc4ccccc4)cc32)cc(C(C)C)c1. The molecule has 6 aromatic rings. The third kappa shape index (κ3) is 4.23. The Morgan fingerprint density at radius 2 is 1.14 bits per heavy atom. The fourth-order valence-corrected chi connectivity index (χ4v) is 5.22. The van der Waals surface area contributed by atoms with Gasteiger partial charge in [0.05, 0.1) is 5.69 Å². The molecule has 0 aliphatic rings. The summed E-state index contributed by atoms with van der Waals surface area (Å²) in [7, 11) is 0. The minimum absolute atomic E-state index is 0.456. The molecule has 0 bridgehead atoms. The van der Waals surface area contributed by atoms with Gasteiger partial charge < -0.3 is 4.74 Å². The van der Waals surface area contributed by atoms with E-state index < -0.39 is 0 Å². The fraction of sp³-hybridized carbons (Fsp3) is 0.171. The molecule has 0 aliphatic carbocycles. The number of aromatic nitrogens is 1. The van der Waals surface area contributed by atoms with E-state index in [4.69, 9.17) is 9.72 Å². The third-order valence-corrected chi connectivity index (χ3v) is 7.30. The summed E-state index contributed by atoms with van der Waals surface area (Å²) in [6.45, 7) is 9.03. The van der Waals surface area contributed by atoms with Crippen LogP contribution < -0.4 is 4.74 Å². The third-order valence-electron chi connectivity index (χ3n) is 7.30. The predicted octanol–water partition coefficient (Wildman–Crippen LogP) is 10.2. The summed E-state index contributed by atoms with van der Waals surface area (Å²) in [4.78, 5) is 4.91. The molecule has 0 saturated heterocycles. The predicted molar refractivity (Wildman–Crippen MR) is 157 cm³/mol. The maximum atomic E-state index is 6.43. The van der Waals surface area contributed by atoms with Crippen LogP contribution in [-0.2, 0) is 0 Å². The van der Waals surface area contributed by atoms with Crippen LogP contribution in [0.4, 0.5) is 0 Å². The number of fused-ring (bicyclic) bond motifs is 5. The maximum Gasteiger partial charge on any atom is 0.135 e. The normalized spacial score (nSPS) is 11.7. The maximum absolute atomic E-state index is 6.43. The smallest absolute Gasteiger partial charge is 0.135 e. The molecule has 0 unspecified atom stereocenters. The molecule has 182 valence electrons. The van der Waals surface area contributed by atoms with Crippen LogP contribution in [0.2, 0.25) is 0 Å². The standard InChI is InChI=1S/C35H31NO/c1-22(2)24-18-25(23(3)4)20-26(19-24)35-32-15-14-29-28-12-8-9-13-31(28)34(37-27-10-6-5-7-11-27)21-33(29)30(32)16-17-36-35/h5-23H,1-4H3. The summed E-state index contributed by atoms with van der Waals surface area (Å²) in [6, 6.07) is 34.3. The molecule has 1 aromatic heterocycles. The first-order chi connectivity index (χ1) is 18.0. The number of hydrogen-bond donors (Lipinski definition) is 0. The van der Waals surface area contributed by atoms with Gasteiger partial charge in [0.2, 0.25) is 0 Å². The molecule has 37 heavy (non-hydrogen) atoms. The molecule has 0 atom stereocenters. The van der Waals surface area contributed by atoms with Crippen molar-refractivity contribution < 1.29 is 4.74 Å². The topological polar surface area (TPSA) is 22.1 Å². The van der Waals surface area contributed by atoms with E-state index in [2.05, 4.69) is 94.4 Å². The Balaban J connectivity index is 1.62. The Labute approximate surface area is 218 Å². The van der Waals surface area contributed by atoms with E-state index in [9.17, 15) is 0 Å². The molecule has 0 amide bonds. The zero-order valence-electron chi connectivity index (χ0n) is 21.8. The molecule has 0 fully saturated rings. The molecule has 0 radical (unpaired) electrons. The van der Waals surface area contributed by atoms with Gasteiger partial charge >= 0.3 is 0 Å². The Bertz CT molecular complexity index is 1720. The number of rotatable bonds is 5. The lowest BCUT2D eigenvalue weighted by Crippen LogP contribution is -1.96. The summed E-state index contributed by atoms with van der Waals surface area (Å²) in [5, 5.41) is 7.04. The number of ether oxygens (including phenoxy) is 1. The first kappa shape index (κ1) is 23.2. The van der Waals surface area contributed by atoms with Gasteiger partial charge in [-0.25, -0.2) is 0 Å². The summed E-state index contributed by atoms with van der Waals surface area (Å²) >= 11 is 0. The van der Waals surface area contributed by atoms with Crippen LogP contribution in [0, 0.1) is 0 Å². The highest BCUT2D eigenvalue weighted by Crippen LogP contribution is 2.41. The van der Waals surface area contributed by atoms with Gasteiger partial charge in [0, 0.05) is 22.5 Å². The lowest BCUT2D eigenvalue weighted by Gasteiger charge is -2.17. The summed E-state index contributed by atoms with van der Waals surface area (Å²) in [5.74, 6) is 2.61. The Hall–Kier alpha value is -4.17. The molecule has 0 spiro atoms. The molecule has 0 aliphatic heterocycles. The van der Waals surface area contributed by atoms with Crippen LogP contribution in [0.1, 0.15) is 50.7 Å². The number of benzene rings is 5. The van der Waals surface area contributed by atoms with Crippen molar-refractivity contribution in [3.8, 4) is 22.8 Å². The highest BCUT2D eigenvalue weighted by atomic mass is 16.5. The number of nitrogens with zero attached hydrogens (tertiary/aromatic N) is 1. The van der Waals surface area contributed by atoms with Crippen LogP contribution in [0.15, 0.2) is 103 Å².